The number of methoxy groups -OCH3 is 1. The Hall–Kier alpha value is -4.15. The fourth-order valence-corrected chi connectivity index (χ4v) is 5.52. The van der Waals surface area contributed by atoms with Crippen molar-refractivity contribution < 1.29 is 13.9 Å². The van der Waals surface area contributed by atoms with E-state index in [1.165, 1.54) is 6.07 Å². The van der Waals surface area contributed by atoms with E-state index < -0.39 is 11.2 Å². The molecule has 2 heterocycles. The summed E-state index contributed by atoms with van der Waals surface area (Å²) < 4.78 is 24.1. The molecule has 1 aliphatic carbocycles. The van der Waals surface area contributed by atoms with Crippen LogP contribution in [-0.2, 0) is 10.2 Å². The highest BCUT2D eigenvalue weighted by Gasteiger charge is 2.51. The molecular formula is C30H29FN6O2S. The number of fused-ring (bicyclic) bond motifs is 4. The van der Waals surface area contributed by atoms with Gasteiger partial charge in [-0.05, 0) is 84.8 Å². The van der Waals surface area contributed by atoms with Gasteiger partial charge in [-0.15, -0.1) is 0 Å². The maximum Gasteiger partial charge on any atom is 0.235 e. The summed E-state index contributed by atoms with van der Waals surface area (Å²) in [5, 5.41) is 9.44. The summed E-state index contributed by atoms with van der Waals surface area (Å²) in [4.78, 5) is 23.5. The Morgan fingerprint density at radius 1 is 1.07 bits per heavy atom. The molecule has 0 unspecified atom stereocenters. The summed E-state index contributed by atoms with van der Waals surface area (Å²) in [7, 11) is 1.60. The van der Waals surface area contributed by atoms with E-state index in [2.05, 4.69) is 25.7 Å². The molecule has 10 heteroatoms. The van der Waals surface area contributed by atoms with Gasteiger partial charge in [0.05, 0.1) is 18.2 Å². The minimum Gasteiger partial charge on any atom is -0.497 e. The number of benzene rings is 3. The van der Waals surface area contributed by atoms with Gasteiger partial charge in [0.2, 0.25) is 11.9 Å². The van der Waals surface area contributed by atoms with Crippen LogP contribution < -0.4 is 25.4 Å². The first-order chi connectivity index (χ1) is 19.5. The van der Waals surface area contributed by atoms with Crippen molar-refractivity contribution in [3.05, 3.63) is 84.3 Å². The molecule has 1 saturated carbocycles. The second-order valence-corrected chi connectivity index (χ2v) is 10.8. The second-order valence-electron chi connectivity index (χ2n) is 9.85. The molecule has 4 bridgehead atoms. The first kappa shape index (κ1) is 26.1. The van der Waals surface area contributed by atoms with Gasteiger partial charge in [-0.3, -0.25) is 9.52 Å². The highest BCUT2D eigenvalue weighted by Crippen LogP contribution is 2.49. The maximum absolute atomic E-state index is 15.4. The predicted molar refractivity (Wildman–Crippen MR) is 157 cm³/mol. The Morgan fingerprint density at radius 3 is 2.77 bits per heavy atom. The van der Waals surface area contributed by atoms with Crippen molar-refractivity contribution in [1.82, 2.24) is 14.7 Å². The molecule has 1 aromatic heterocycles. The van der Waals surface area contributed by atoms with Crippen LogP contribution in [-0.4, -0.2) is 36.1 Å². The highest BCUT2D eigenvalue weighted by atomic mass is 32.2. The number of hydrogen-bond acceptors (Lipinski definition) is 8. The van der Waals surface area contributed by atoms with Crippen molar-refractivity contribution in [2.75, 3.05) is 36.1 Å². The van der Waals surface area contributed by atoms with E-state index in [1.807, 2.05) is 48.5 Å². The Morgan fingerprint density at radius 2 is 1.95 bits per heavy atom. The van der Waals surface area contributed by atoms with Gasteiger partial charge in [0.1, 0.15) is 17.4 Å². The quantitative estimate of drug-likeness (QED) is 0.218. The molecule has 1 aliphatic heterocycles. The number of hydrogen-bond donors (Lipinski definition) is 4. The van der Waals surface area contributed by atoms with E-state index in [0.29, 0.717) is 48.0 Å². The smallest absolute Gasteiger partial charge is 0.235 e. The first-order valence-corrected chi connectivity index (χ1v) is 14.0. The van der Waals surface area contributed by atoms with Gasteiger partial charge in [-0.2, -0.15) is 4.98 Å². The fourth-order valence-electron chi connectivity index (χ4n) is 4.77. The zero-order chi connectivity index (χ0) is 27.5. The van der Waals surface area contributed by atoms with Crippen LogP contribution in [0.2, 0.25) is 0 Å². The third-order valence-electron chi connectivity index (χ3n) is 7.15. The minimum absolute atomic E-state index is 0.137. The number of rotatable bonds is 5. The lowest BCUT2D eigenvalue weighted by molar-refractivity contribution is -0.118. The van der Waals surface area contributed by atoms with E-state index in [1.54, 1.807) is 37.4 Å². The predicted octanol–water partition coefficient (Wildman–Crippen LogP) is 6.12. The molecular weight excluding hydrogens is 527 g/mol. The van der Waals surface area contributed by atoms with E-state index in [9.17, 15) is 4.79 Å². The van der Waals surface area contributed by atoms with Crippen LogP contribution in [0.4, 0.5) is 27.5 Å². The van der Waals surface area contributed by atoms with Gasteiger partial charge < -0.3 is 20.7 Å². The summed E-state index contributed by atoms with van der Waals surface area (Å²) in [6, 6.07) is 20.3. The minimum atomic E-state index is -0.665. The summed E-state index contributed by atoms with van der Waals surface area (Å²) in [6.07, 6.45) is 3.96. The molecule has 1 fully saturated rings. The number of aromatic nitrogens is 2. The van der Waals surface area contributed by atoms with E-state index in [4.69, 9.17) is 9.72 Å². The van der Waals surface area contributed by atoms with E-state index in [-0.39, 0.29) is 11.6 Å². The highest BCUT2D eigenvalue weighted by molar-refractivity contribution is 7.97. The summed E-state index contributed by atoms with van der Waals surface area (Å²) in [5.41, 5.74) is 2.50. The topological polar surface area (TPSA) is 100 Å². The fraction of sp³-hybridized carbons (Fsp3) is 0.233. The van der Waals surface area contributed by atoms with Crippen LogP contribution >= 0.6 is 11.9 Å². The standard InChI is InChI=1S/C30H29FN6O2S/c1-39-22-7-2-5-20(16-22)30(11-12-30)28(38)36-26-10-9-19(15-25(26)31)24-18-33-29-35-21-6-3-8-23(17-21)40-34-14-4-13-32-27(24)37-29/h2-3,5-10,15-18,34H,4,11-14H2,1H3,(H,36,38)(H2,32,33,35,37). The molecule has 0 spiro atoms. The zero-order valence-electron chi connectivity index (χ0n) is 22.0. The average Bonchev–Trinajstić information content (AvgIpc) is 3.78. The third kappa shape index (κ3) is 5.45. The summed E-state index contributed by atoms with van der Waals surface area (Å²) in [5.74, 6) is 0.992. The number of ether oxygens (including phenoxy) is 1. The number of nitrogens with one attached hydrogen (secondary N) is 4. The lowest BCUT2D eigenvalue weighted by Crippen LogP contribution is -2.28. The number of halogens is 1. The van der Waals surface area contributed by atoms with Gasteiger partial charge in [0, 0.05) is 35.4 Å². The Bertz CT molecular complexity index is 1560. The molecule has 6 rings (SSSR count). The number of amides is 1. The molecule has 4 N–H and O–H groups in total. The zero-order valence-corrected chi connectivity index (χ0v) is 22.8. The van der Waals surface area contributed by atoms with Crippen LogP contribution in [0, 0.1) is 5.82 Å². The second kappa shape index (κ2) is 11.1. The van der Waals surface area contributed by atoms with Crippen molar-refractivity contribution >= 4 is 41.0 Å². The number of carbonyl (C=O) groups is 1. The normalized spacial score (nSPS) is 15.8. The van der Waals surface area contributed by atoms with Crippen molar-refractivity contribution in [3.63, 3.8) is 0 Å². The maximum atomic E-state index is 15.4. The van der Waals surface area contributed by atoms with Gasteiger partial charge in [0.15, 0.2) is 0 Å². The van der Waals surface area contributed by atoms with Gasteiger partial charge in [0.25, 0.3) is 0 Å². The van der Waals surface area contributed by atoms with Crippen LogP contribution in [0.1, 0.15) is 24.8 Å². The first-order valence-electron chi connectivity index (χ1n) is 13.2. The van der Waals surface area contributed by atoms with E-state index >= 15 is 4.39 Å². The molecule has 0 saturated heterocycles. The Kier molecular flexibility index (Phi) is 7.27. The Labute approximate surface area is 236 Å². The Balaban J connectivity index is 1.24. The lowest BCUT2D eigenvalue weighted by atomic mass is 9.94. The van der Waals surface area contributed by atoms with E-state index in [0.717, 1.165) is 29.1 Å². The summed E-state index contributed by atoms with van der Waals surface area (Å²) >= 11 is 1.58. The van der Waals surface area contributed by atoms with Crippen LogP contribution in [0.25, 0.3) is 11.1 Å². The lowest BCUT2D eigenvalue weighted by Gasteiger charge is -2.17. The molecule has 3 aromatic carbocycles. The molecule has 4 aromatic rings. The molecule has 0 atom stereocenters. The van der Waals surface area contributed by atoms with Crippen LogP contribution in [0.15, 0.2) is 77.8 Å². The van der Waals surface area contributed by atoms with Crippen molar-refractivity contribution in [3.8, 4) is 16.9 Å². The third-order valence-corrected chi connectivity index (χ3v) is 7.99. The van der Waals surface area contributed by atoms with Gasteiger partial charge in [-0.25, -0.2) is 9.37 Å². The molecule has 0 radical (unpaired) electrons. The van der Waals surface area contributed by atoms with Crippen molar-refractivity contribution in [1.29, 1.82) is 0 Å². The number of nitrogens with zero attached hydrogens (tertiary/aromatic N) is 2. The molecule has 8 nitrogen and oxygen atoms in total. The van der Waals surface area contributed by atoms with Crippen molar-refractivity contribution in [2.24, 2.45) is 0 Å². The van der Waals surface area contributed by atoms with Crippen molar-refractivity contribution in [2.45, 2.75) is 29.6 Å². The van der Waals surface area contributed by atoms with Gasteiger partial charge in [-0.1, -0.05) is 24.3 Å². The SMILES string of the molecule is COc1cccc(C2(C(=O)Nc3ccc(-c4cnc5nc4NCCCNSc4cccc(c4)N5)cc3F)CC2)c1. The van der Waals surface area contributed by atoms with Crippen LogP contribution in [0.3, 0.4) is 0 Å². The molecule has 2 aliphatic rings. The van der Waals surface area contributed by atoms with Crippen LogP contribution in [0.5, 0.6) is 5.75 Å². The molecule has 1 amide bonds. The molecule has 40 heavy (non-hydrogen) atoms. The average molecular weight is 557 g/mol. The number of anilines is 4. The molecule has 204 valence electrons. The largest absolute Gasteiger partial charge is 0.497 e. The van der Waals surface area contributed by atoms with Gasteiger partial charge >= 0.3 is 0 Å². The summed E-state index contributed by atoms with van der Waals surface area (Å²) in [6.45, 7) is 1.49. The number of carbonyl (C=O) groups excluding carboxylic acids is 1. The monoisotopic (exact) mass is 556 g/mol.